The lowest BCUT2D eigenvalue weighted by Gasteiger charge is -2.07. The normalized spacial score (nSPS) is 11.2. The van der Waals surface area contributed by atoms with Gasteiger partial charge in [0.05, 0.1) is 17.3 Å². The average molecular weight is 401 g/mol. The van der Waals surface area contributed by atoms with Gasteiger partial charge in [-0.25, -0.2) is 0 Å². The van der Waals surface area contributed by atoms with Crippen molar-refractivity contribution in [3.63, 3.8) is 0 Å². The number of hydrogen-bond acceptors (Lipinski definition) is 5. The van der Waals surface area contributed by atoms with E-state index in [-0.39, 0.29) is 11.1 Å². The molecule has 0 spiro atoms. The summed E-state index contributed by atoms with van der Waals surface area (Å²) in [7, 11) is 1.57. The fourth-order valence-corrected chi connectivity index (χ4v) is 3.99. The minimum Gasteiger partial charge on any atom is -0.496 e. The molecule has 29 heavy (non-hydrogen) atoms. The van der Waals surface area contributed by atoms with Crippen molar-refractivity contribution in [2.24, 2.45) is 0 Å². The van der Waals surface area contributed by atoms with Crippen LogP contribution in [0.4, 0.5) is 0 Å². The maximum Gasteiger partial charge on any atom is 0.273 e. The molecule has 0 bridgehead atoms. The molecule has 6 heteroatoms. The first-order chi connectivity index (χ1) is 14.0. The number of ether oxygens (including phenoxy) is 1. The molecule has 144 valence electrons. The number of benzene rings is 2. The summed E-state index contributed by atoms with van der Waals surface area (Å²) < 4.78 is 7.52. The number of methoxy groups -OCH3 is 1. The summed E-state index contributed by atoms with van der Waals surface area (Å²) in [4.78, 5) is 13.2. The van der Waals surface area contributed by atoms with Crippen molar-refractivity contribution in [1.29, 1.82) is 10.5 Å². The Balaban J connectivity index is 2.34. The number of aromatic nitrogens is 1. The molecule has 2 aromatic carbocycles. The molecule has 0 unspecified atom stereocenters. The van der Waals surface area contributed by atoms with E-state index in [4.69, 9.17) is 4.74 Å². The summed E-state index contributed by atoms with van der Waals surface area (Å²) in [6.07, 6.45) is 1.72. The second-order valence-corrected chi connectivity index (χ2v) is 7.67. The standard InChI is InChI=1S/C23H19N3O2S/c1-15(2)16-8-10-19(11-9-16)26-22(27)21(29-23(26)18(13-24)14-25)12-17-6-4-5-7-20(17)28-3/h4-12,15H,1-3H3/b21-12-. The van der Waals surface area contributed by atoms with Crippen LogP contribution in [0, 0.1) is 22.7 Å². The third-order valence-electron chi connectivity index (χ3n) is 4.50. The zero-order valence-electron chi connectivity index (χ0n) is 16.3. The number of hydrogen-bond donors (Lipinski definition) is 0. The topological polar surface area (TPSA) is 78.8 Å². The maximum atomic E-state index is 13.2. The molecule has 0 saturated heterocycles. The highest BCUT2D eigenvalue weighted by atomic mass is 32.1. The molecule has 3 rings (SSSR count). The van der Waals surface area contributed by atoms with Crippen LogP contribution in [0.1, 0.15) is 30.9 Å². The molecule has 0 N–H and O–H groups in total. The molecule has 0 atom stereocenters. The van der Waals surface area contributed by atoms with E-state index in [1.54, 1.807) is 13.2 Å². The Labute approximate surface area is 172 Å². The zero-order chi connectivity index (χ0) is 21.0. The highest BCUT2D eigenvalue weighted by Crippen LogP contribution is 2.18. The Morgan fingerprint density at radius 1 is 1.10 bits per heavy atom. The van der Waals surface area contributed by atoms with E-state index >= 15 is 0 Å². The van der Waals surface area contributed by atoms with Crippen LogP contribution in [0.5, 0.6) is 5.75 Å². The van der Waals surface area contributed by atoms with Gasteiger partial charge in [-0.05, 0) is 35.8 Å². The van der Waals surface area contributed by atoms with Crippen molar-refractivity contribution in [3.8, 4) is 23.6 Å². The third kappa shape index (κ3) is 3.99. The van der Waals surface area contributed by atoms with E-state index in [1.165, 1.54) is 4.57 Å². The predicted molar refractivity (Wildman–Crippen MR) is 114 cm³/mol. The SMILES string of the molecule is COc1ccccc1/C=c1\sc(=C(C#N)C#N)n(-c2ccc(C(C)C)cc2)c1=O. The van der Waals surface area contributed by atoms with Gasteiger partial charge in [-0.2, -0.15) is 10.5 Å². The number of rotatable bonds is 4. The Morgan fingerprint density at radius 2 is 1.76 bits per heavy atom. The van der Waals surface area contributed by atoms with E-state index in [1.807, 2.05) is 60.7 Å². The van der Waals surface area contributed by atoms with Gasteiger partial charge in [0.25, 0.3) is 5.56 Å². The van der Waals surface area contributed by atoms with Gasteiger partial charge in [-0.1, -0.05) is 44.2 Å². The highest BCUT2D eigenvalue weighted by molar-refractivity contribution is 7.07. The second kappa shape index (κ2) is 8.60. The average Bonchev–Trinajstić information content (AvgIpc) is 3.05. The molecule has 0 aliphatic carbocycles. The van der Waals surface area contributed by atoms with Gasteiger partial charge < -0.3 is 4.74 Å². The van der Waals surface area contributed by atoms with Crippen LogP contribution < -0.4 is 19.5 Å². The molecule has 0 amide bonds. The summed E-state index contributed by atoms with van der Waals surface area (Å²) in [6.45, 7) is 4.18. The predicted octanol–water partition coefficient (Wildman–Crippen LogP) is 3.06. The van der Waals surface area contributed by atoms with Crippen LogP contribution in [-0.2, 0) is 0 Å². The molecule has 0 aliphatic heterocycles. The van der Waals surface area contributed by atoms with Crippen LogP contribution in [0.15, 0.2) is 53.3 Å². The molecular formula is C23H19N3O2S. The van der Waals surface area contributed by atoms with Crippen LogP contribution >= 0.6 is 11.3 Å². The van der Waals surface area contributed by atoms with E-state index in [0.717, 1.165) is 22.5 Å². The minimum atomic E-state index is -0.281. The quantitative estimate of drug-likeness (QED) is 0.673. The monoisotopic (exact) mass is 401 g/mol. The van der Waals surface area contributed by atoms with Crippen LogP contribution in [0.25, 0.3) is 17.3 Å². The van der Waals surface area contributed by atoms with Gasteiger partial charge in [-0.15, -0.1) is 11.3 Å². The first kappa shape index (κ1) is 20.1. The van der Waals surface area contributed by atoms with E-state index in [2.05, 4.69) is 13.8 Å². The molecule has 3 aromatic rings. The molecule has 0 saturated carbocycles. The lowest BCUT2D eigenvalue weighted by Crippen LogP contribution is -2.30. The maximum absolute atomic E-state index is 13.2. The summed E-state index contributed by atoms with van der Waals surface area (Å²) in [5, 5.41) is 18.8. The van der Waals surface area contributed by atoms with Crippen molar-refractivity contribution in [1.82, 2.24) is 4.57 Å². The fourth-order valence-electron chi connectivity index (χ4n) is 2.94. The van der Waals surface area contributed by atoms with Gasteiger partial charge in [0, 0.05) is 5.56 Å². The van der Waals surface area contributed by atoms with Gasteiger partial charge in [-0.3, -0.25) is 9.36 Å². The van der Waals surface area contributed by atoms with Crippen molar-refractivity contribution in [2.45, 2.75) is 19.8 Å². The van der Waals surface area contributed by atoms with E-state index < -0.39 is 0 Å². The lowest BCUT2D eigenvalue weighted by atomic mass is 10.0. The number of para-hydroxylation sites is 1. The van der Waals surface area contributed by atoms with Gasteiger partial charge in [0.15, 0.2) is 5.57 Å². The first-order valence-electron chi connectivity index (χ1n) is 9.01. The lowest BCUT2D eigenvalue weighted by molar-refractivity contribution is 0.414. The summed E-state index contributed by atoms with van der Waals surface area (Å²) in [6, 6.07) is 18.8. The van der Waals surface area contributed by atoms with Gasteiger partial charge in [0.2, 0.25) is 0 Å². The van der Waals surface area contributed by atoms with Gasteiger partial charge in [0.1, 0.15) is 22.6 Å². The smallest absolute Gasteiger partial charge is 0.273 e. The summed E-state index contributed by atoms with van der Waals surface area (Å²) >= 11 is 1.12. The molecule has 0 aliphatic rings. The molecule has 0 radical (unpaired) electrons. The summed E-state index contributed by atoms with van der Waals surface area (Å²) in [5.74, 6) is 0.997. The van der Waals surface area contributed by atoms with Crippen LogP contribution in [0.3, 0.4) is 0 Å². The number of thiazole rings is 1. The third-order valence-corrected chi connectivity index (χ3v) is 5.60. The van der Waals surface area contributed by atoms with Crippen molar-refractivity contribution in [2.75, 3.05) is 7.11 Å². The summed E-state index contributed by atoms with van der Waals surface area (Å²) in [5.41, 5.74) is 2.13. The largest absolute Gasteiger partial charge is 0.496 e. The van der Waals surface area contributed by atoms with Crippen LogP contribution in [0.2, 0.25) is 0 Å². The van der Waals surface area contributed by atoms with E-state index in [0.29, 0.717) is 26.5 Å². The van der Waals surface area contributed by atoms with Crippen LogP contribution in [-0.4, -0.2) is 11.7 Å². The second-order valence-electron chi connectivity index (χ2n) is 6.64. The molecule has 1 aromatic heterocycles. The Hall–Kier alpha value is -3.61. The number of nitrogens with zero attached hydrogens (tertiary/aromatic N) is 3. The molecule has 0 fully saturated rings. The van der Waals surface area contributed by atoms with Crippen molar-refractivity contribution >= 4 is 23.0 Å². The Kier molecular flexibility index (Phi) is 5.97. The Bertz CT molecular complexity index is 1280. The van der Waals surface area contributed by atoms with Gasteiger partial charge >= 0.3 is 0 Å². The molecular weight excluding hydrogens is 382 g/mol. The molecule has 5 nitrogen and oxygen atoms in total. The fraction of sp³-hybridized carbons (Fsp3) is 0.174. The Morgan fingerprint density at radius 3 is 2.34 bits per heavy atom. The van der Waals surface area contributed by atoms with Crippen molar-refractivity contribution in [3.05, 3.63) is 79.2 Å². The number of nitriles is 2. The zero-order valence-corrected chi connectivity index (χ0v) is 17.2. The minimum absolute atomic E-state index is 0.0975. The molecule has 1 heterocycles. The van der Waals surface area contributed by atoms with E-state index in [9.17, 15) is 15.3 Å². The highest BCUT2D eigenvalue weighted by Gasteiger charge is 2.12. The first-order valence-corrected chi connectivity index (χ1v) is 9.83. The van der Waals surface area contributed by atoms with Crippen molar-refractivity contribution < 1.29 is 4.74 Å².